The van der Waals surface area contributed by atoms with Gasteiger partial charge >= 0.3 is 5.69 Å². The van der Waals surface area contributed by atoms with Crippen molar-refractivity contribution in [3.63, 3.8) is 0 Å². The van der Waals surface area contributed by atoms with Crippen molar-refractivity contribution in [3.8, 4) is 0 Å². The number of nitrogens with one attached hydrogen (secondary N) is 1. The second-order valence-corrected chi connectivity index (χ2v) is 5.10. The zero-order valence-corrected chi connectivity index (χ0v) is 11.2. The molecule has 0 radical (unpaired) electrons. The molecule has 1 aromatic rings. The first-order valence-corrected chi connectivity index (χ1v) is 6.22. The van der Waals surface area contributed by atoms with Gasteiger partial charge in [0.15, 0.2) is 0 Å². The van der Waals surface area contributed by atoms with Crippen molar-refractivity contribution < 1.29 is 14.6 Å². The average Bonchev–Trinajstić information content (AvgIpc) is 2.59. The molecule has 2 rings (SSSR count). The summed E-state index contributed by atoms with van der Waals surface area (Å²) in [5, 5.41) is 18.5. The minimum Gasteiger partial charge on any atom is -0.392 e. The Hall–Kier alpha value is -1.00. The Morgan fingerprint density at radius 3 is 2.78 bits per heavy atom. The van der Waals surface area contributed by atoms with Crippen LogP contribution in [0.5, 0.6) is 0 Å². The van der Waals surface area contributed by atoms with Crippen LogP contribution < -0.4 is 11.2 Å². The number of hydrogen-bond acceptors (Lipinski definition) is 4. The topological polar surface area (TPSA) is 95.3 Å². The number of nitrogens with zero attached hydrogens (tertiary/aromatic N) is 1. The first-order valence-electron chi connectivity index (χ1n) is 5.14. The molecule has 1 aromatic heterocycles. The Morgan fingerprint density at radius 1 is 1.56 bits per heavy atom. The van der Waals surface area contributed by atoms with Crippen LogP contribution >= 0.6 is 22.6 Å². The number of aromatic amines is 1. The molecule has 8 heteroatoms. The molecule has 0 bridgehead atoms. The summed E-state index contributed by atoms with van der Waals surface area (Å²) in [5.74, 6) is -0.727. The van der Waals surface area contributed by atoms with Crippen molar-refractivity contribution in [2.24, 2.45) is 0 Å². The van der Waals surface area contributed by atoms with Crippen molar-refractivity contribution >= 4 is 22.6 Å². The van der Waals surface area contributed by atoms with E-state index in [0.29, 0.717) is 0 Å². The van der Waals surface area contributed by atoms with Gasteiger partial charge < -0.3 is 10.2 Å². The second-order valence-electron chi connectivity index (χ2n) is 3.94. The molecule has 0 saturated heterocycles. The monoisotopic (exact) mass is 368 g/mol. The van der Waals surface area contributed by atoms with Gasteiger partial charge in [-0.05, 0) is 22.6 Å². The van der Waals surface area contributed by atoms with E-state index in [1.54, 1.807) is 22.6 Å². The van der Waals surface area contributed by atoms with E-state index in [4.69, 9.17) is 5.11 Å². The summed E-state index contributed by atoms with van der Waals surface area (Å²) in [6, 6.07) is -0.986. The van der Waals surface area contributed by atoms with E-state index < -0.39 is 35.8 Å². The largest absolute Gasteiger partial charge is 0.392 e. The normalized spacial score (nSPS) is 23.8. The number of aliphatic hydroxyl groups excluding tert-OH is 2. The summed E-state index contributed by atoms with van der Waals surface area (Å²) in [4.78, 5) is 24.9. The van der Waals surface area contributed by atoms with Crippen LogP contribution in [0.15, 0.2) is 27.2 Å². The highest BCUT2D eigenvalue weighted by molar-refractivity contribution is 14.1. The van der Waals surface area contributed by atoms with E-state index in [-0.39, 0.29) is 15.6 Å². The number of aromatic nitrogens is 2. The number of aliphatic hydroxyl groups is 2. The van der Waals surface area contributed by atoms with Crippen molar-refractivity contribution in [1.29, 1.82) is 0 Å². The molecule has 6 nitrogen and oxygen atoms in total. The molecule has 98 valence electrons. The first-order chi connectivity index (χ1) is 8.45. The second kappa shape index (κ2) is 4.94. The maximum atomic E-state index is 13.9. The highest BCUT2D eigenvalue weighted by Gasteiger charge is 2.34. The maximum Gasteiger partial charge on any atom is 0.329 e. The Morgan fingerprint density at radius 2 is 2.22 bits per heavy atom. The van der Waals surface area contributed by atoms with Crippen LogP contribution in [-0.2, 0) is 0 Å². The van der Waals surface area contributed by atoms with Gasteiger partial charge in [-0.3, -0.25) is 14.3 Å². The quantitative estimate of drug-likeness (QED) is 0.623. The molecular weight excluding hydrogens is 358 g/mol. The fourth-order valence-corrected chi connectivity index (χ4v) is 2.37. The zero-order chi connectivity index (χ0) is 13.4. The minimum absolute atomic E-state index is 0.0379. The molecule has 18 heavy (non-hydrogen) atoms. The molecule has 1 aliphatic rings. The average molecular weight is 368 g/mol. The number of H-pyrrole nitrogens is 1. The third-order valence-corrected chi connectivity index (χ3v) is 3.65. The summed E-state index contributed by atoms with van der Waals surface area (Å²) in [5.41, 5.74) is -1.40. The van der Waals surface area contributed by atoms with Crippen LogP contribution in [0, 0.1) is 3.57 Å². The SMILES string of the molecule is O=c1[nH]c(=O)n([C@H]2C[C@@H](O)C(CO)=C2F)cc1I. The molecule has 0 unspecified atom stereocenters. The molecule has 0 aromatic carbocycles. The Kier molecular flexibility index (Phi) is 3.69. The van der Waals surface area contributed by atoms with Crippen LogP contribution in [0.3, 0.4) is 0 Å². The number of allylic oxidation sites excluding steroid dienone is 1. The predicted octanol–water partition coefficient (Wildman–Crippen LogP) is -0.337. The summed E-state index contributed by atoms with van der Waals surface area (Å²) in [6.45, 7) is -0.599. The molecule has 2 atom stereocenters. The first kappa shape index (κ1) is 13.4. The molecule has 3 N–H and O–H groups in total. The lowest BCUT2D eigenvalue weighted by Gasteiger charge is -2.13. The van der Waals surface area contributed by atoms with Gasteiger partial charge in [-0.15, -0.1) is 0 Å². The lowest BCUT2D eigenvalue weighted by molar-refractivity contribution is 0.181. The van der Waals surface area contributed by atoms with Crippen LogP contribution in [0.2, 0.25) is 0 Å². The van der Waals surface area contributed by atoms with Gasteiger partial charge in [0.1, 0.15) is 5.83 Å². The van der Waals surface area contributed by atoms with E-state index in [1.807, 2.05) is 0 Å². The smallest absolute Gasteiger partial charge is 0.329 e. The van der Waals surface area contributed by atoms with Crippen LogP contribution in [0.1, 0.15) is 12.5 Å². The molecule has 1 aliphatic carbocycles. The molecule has 0 fully saturated rings. The van der Waals surface area contributed by atoms with Crippen molar-refractivity contribution in [2.45, 2.75) is 18.6 Å². The van der Waals surface area contributed by atoms with E-state index in [9.17, 15) is 19.1 Å². The van der Waals surface area contributed by atoms with Crippen LogP contribution in [-0.4, -0.2) is 32.5 Å². The number of rotatable bonds is 2. The summed E-state index contributed by atoms with van der Waals surface area (Å²) < 4.78 is 15.2. The van der Waals surface area contributed by atoms with Crippen molar-refractivity contribution in [2.75, 3.05) is 6.61 Å². The number of hydrogen-bond donors (Lipinski definition) is 3. The Labute approximate surface area is 114 Å². The van der Waals surface area contributed by atoms with E-state index in [2.05, 4.69) is 4.98 Å². The van der Waals surface area contributed by atoms with Crippen LogP contribution in [0.25, 0.3) is 0 Å². The molecule has 0 aliphatic heterocycles. The van der Waals surface area contributed by atoms with E-state index >= 15 is 0 Å². The summed E-state index contributed by atoms with van der Waals surface area (Å²) in [6.07, 6.45) is 0.0828. The molecule has 1 heterocycles. The van der Waals surface area contributed by atoms with Gasteiger partial charge in [-0.2, -0.15) is 0 Å². The maximum absolute atomic E-state index is 13.9. The molecule has 0 amide bonds. The zero-order valence-electron chi connectivity index (χ0n) is 9.06. The van der Waals surface area contributed by atoms with Gasteiger partial charge in [-0.1, -0.05) is 0 Å². The van der Waals surface area contributed by atoms with Crippen molar-refractivity contribution in [1.82, 2.24) is 9.55 Å². The highest BCUT2D eigenvalue weighted by Crippen LogP contribution is 2.35. The highest BCUT2D eigenvalue weighted by atomic mass is 127. The van der Waals surface area contributed by atoms with E-state index in [1.165, 1.54) is 6.20 Å². The van der Waals surface area contributed by atoms with E-state index in [0.717, 1.165) is 4.57 Å². The van der Waals surface area contributed by atoms with Gasteiger partial charge in [0, 0.05) is 18.2 Å². The third kappa shape index (κ3) is 2.15. The standard InChI is InChI=1S/C10H10FIN2O4/c11-8-4(3-15)7(16)1-6(8)14-2-5(12)9(17)13-10(14)18/h2,6-7,15-16H,1,3H2,(H,13,17,18)/t6-,7+/m0/s1. The fourth-order valence-electron chi connectivity index (χ4n) is 1.94. The summed E-state index contributed by atoms with van der Waals surface area (Å²) >= 11 is 1.73. The minimum atomic E-state index is -1.11. The molecule has 0 saturated carbocycles. The Bertz CT molecular complexity index is 621. The fraction of sp³-hybridized carbons (Fsp3) is 0.400. The number of halogens is 2. The van der Waals surface area contributed by atoms with Crippen molar-refractivity contribution in [3.05, 3.63) is 42.0 Å². The molecule has 0 spiro atoms. The molecular formula is C10H10FIN2O4. The van der Waals surface area contributed by atoms with Gasteiger partial charge in [0.05, 0.1) is 22.3 Å². The summed E-state index contributed by atoms with van der Waals surface area (Å²) in [7, 11) is 0. The lowest BCUT2D eigenvalue weighted by atomic mass is 10.2. The Balaban J connectivity index is 2.52. The van der Waals surface area contributed by atoms with Gasteiger partial charge in [0.25, 0.3) is 5.56 Å². The lowest BCUT2D eigenvalue weighted by Crippen LogP contribution is -2.33. The third-order valence-electron chi connectivity index (χ3n) is 2.88. The van der Waals surface area contributed by atoms with Crippen LogP contribution in [0.4, 0.5) is 4.39 Å². The van der Waals surface area contributed by atoms with Gasteiger partial charge in [0.2, 0.25) is 0 Å². The van der Waals surface area contributed by atoms with Gasteiger partial charge in [-0.25, -0.2) is 9.18 Å². The predicted molar refractivity (Wildman–Crippen MR) is 68.9 cm³/mol.